The van der Waals surface area contributed by atoms with Gasteiger partial charge in [-0.1, -0.05) is 36.4 Å². The van der Waals surface area contributed by atoms with Gasteiger partial charge in [-0.25, -0.2) is 0 Å². The largest absolute Gasteiger partial charge is 0.304 e. The molecule has 1 saturated heterocycles. The second kappa shape index (κ2) is 3.75. The van der Waals surface area contributed by atoms with E-state index >= 15 is 0 Å². The molecule has 1 fully saturated rings. The lowest BCUT2D eigenvalue weighted by atomic mass is 10.1. The van der Waals surface area contributed by atoms with Crippen molar-refractivity contribution in [3.63, 3.8) is 0 Å². The Morgan fingerprint density at radius 3 is 2.62 bits per heavy atom. The molecular weight excluding hydrogens is 158 g/mol. The minimum Gasteiger partial charge on any atom is -0.304 e. The summed E-state index contributed by atoms with van der Waals surface area (Å²) in [6.07, 6.45) is 4.44. The van der Waals surface area contributed by atoms with E-state index in [0.717, 1.165) is 0 Å². The molecule has 0 aliphatic carbocycles. The maximum Gasteiger partial charge on any atom is 0.0326 e. The second-order valence-corrected chi connectivity index (χ2v) is 3.55. The van der Waals surface area contributed by atoms with Crippen molar-refractivity contribution >= 4 is 0 Å². The molecule has 1 heterocycles. The first-order valence-electron chi connectivity index (χ1n) is 4.83. The fourth-order valence-corrected chi connectivity index (χ4v) is 1.91. The topological polar surface area (TPSA) is 12.0 Å². The average Bonchev–Trinajstić information content (AvgIpc) is 2.67. The summed E-state index contributed by atoms with van der Waals surface area (Å²) in [5, 5.41) is 3.54. The Morgan fingerprint density at radius 2 is 2.00 bits per heavy atom. The van der Waals surface area contributed by atoms with Gasteiger partial charge in [-0.2, -0.15) is 0 Å². The van der Waals surface area contributed by atoms with E-state index < -0.39 is 0 Å². The monoisotopic (exact) mass is 173 g/mol. The van der Waals surface area contributed by atoms with Crippen LogP contribution in [0.3, 0.4) is 0 Å². The summed E-state index contributed by atoms with van der Waals surface area (Å²) in [6, 6.07) is 11.7. The maximum atomic E-state index is 3.81. The maximum absolute atomic E-state index is 3.81. The molecule has 1 aromatic carbocycles. The van der Waals surface area contributed by atoms with Crippen LogP contribution in [0.1, 0.15) is 24.4 Å². The molecule has 1 N–H and O–H groups in total. The number of hydrogen-bond acceptors (Lipinski definition) is 1. The molecule has 0 amide bonds. The van der Waals surface area contributed by atoms with E-state index in [1.54, 1.807) is 0 Å². The van der Waals surface area contributed by atoms with Crippen molar-refractivity contribution in [3.05, 3.63) is 48.6 Å². The molecule has 0 radical (unpaired) electrons. The van der Waals surface area contributed by atoms with Gasteiger partial charge in [-0.15, -0.1) is 6.58 Å². The van der Waals surface area contributed by atoms with Crippen molar-refractivity contribution in [2.75, 3.05) is 0 Å². The molecule has 0 aromatic heterocycles. The van der Waals surface area contributed by atoms with E-state index in [9.17, 15) is 0 Å². The predicted octanol–water partition coefficient (Wildman–Crippen LogP) is 2.67. The number of benzene rings is 1. The van der Waals surface area contributed by atoms with Crippen LogP contribution in [0.15, 0.2) is 43.0 Å². The van der Waals surface area contributed by atoms with Gasteiger partial charge in [0.25, 0.3) is 0 Å². The third-order valence-corrected chi connectivity index (χ3v) is 2.67. The van der Waals surface area contributed by atoms with Crippen molar-refractivity contribution in [1.29, 1.82) is 0 Å². The van der Waals surface area contributed by atoms with Gasteiger partial charge in [-0.3, -0.25) is 0 Å². The van der Waals surface area contributed by atoms with Crippen LogP contribution >= 0.6 is 0 Å². The van der Waals surface area contributed by atoms with Gasteiger partial charge < -0.3 is 5.32 Å². The summed E-state index contributed by atoms with van der Waals surface area (Å²) in [6.45, 7) is 3.81. The van der Waals surface area contributed by atoms with Crippen LogP contribution in [0.25, 0.3) is 0 Å². The molecule has 1 aromatic rings. The van der Waals surface area contributed by atoms with Crippen LogP contribution in [-0.2, 0) is 0 Å². The molecule has 0 spiro atoms. The van der Waals surface area contributed by atoms with Gasteiger partial charge in [0.15, 0.2) is 0 Å². The summed E-state index contributed by atoms with van der Waals surface area (Å²) in [5.41, 5.74) is 1.40. The Kier molecular flexibility index (Phi) is 2.46. The second-order valence-electron chi connectivity index (χ2n) is 3.55. The van der Waals surface area contributed by atoms with E-state index in [2.05, 4.69) is 42.2 Å². The first-order valence-corrected chi connectivity index (χ1v) is 4.83. The third-order valence-electron chi connectivity index (χ3n) is 2.67. The first-order chi connectivity index (χ1) is 6.40. The molecule has 1 aliphatic rings. The molecule has 1 nitrogen and oxygen atoms in total. The summed E-state index contributed by atoms with van der Waals surface area (Å²) in [5.74, 6) is 0. The molecule has 1 aliphatic heterocycles. The van der Waals surface area contributed by atoms with Crippen LogP contribution in [0.5, 0.6) is 0 Å². The Labute approximate surface area is 79.5 Å². The van der Waals surface area contributed by atoms with Gasteiger partial charge in [0.2, 0.25) is 0 Å². The highest BCUT2D eigenvalue weighted by molar-refractivity contribution is 5.20. The zero-order valence-electron chi connectivity index (χ0n) is 7.74. The van der Waals surface area contributed by atoms with E-state index in [1.165, 1.54) is 18.4 Å². The zero-order valence-corrected chi connectivity index (χ0v) is 7.74. The number of rotatable bonds is 2. The van der Waals surface area contributed by atoms with E-state index in [0.29, 0.717) is 12.1 Å². The van der Waals surface area contributed by atoms with Crippen molar-refractivity contribution < 1.29 is 0 Å². The van der Waals surface area contributed by atoms with Gasteiger partial charge in [0.1, 0.15) is 0 Å². The highest BCUT2D eigenvalue weighted by atomic mass is 15.0. The quantitative estimate of drug-likeness (QED) is 0.678. The molecule has 1 heteroatoms. The SMILES string of the molecule is C=C[C@@H]1CC[C@@H](c2ccccc2)N1. The highest BCUT2D eigenvalue weighted by Gasteiger charge is 2.21. The smallest absolute Gasteiger partial charge is 0.0326 e. The summed E-state index contributed by atoms with van der Waals surface area (Å²) >= 11 is 0. The molecule has 2 atom stereocenters. The Morgan fingerprint density at radius 1 is 1.23 bits per heavy atom. The Hall–Kier alpha value is -1.08. The fraction of sp³-hybridized carbons (Fsp3) is 0.333. The highest BCUT2D eigenvalue weighted by Crippen LogP contribution is 2.26. The van der Waals surface area contributed by atoms with E-state index in [-0.39, 0.29) is 0 Å². The summed E-state index contributed by atoms with van der Waals surface area (Å²) in [7, 11) is 0. The normalized spacial score (nSPS) is 27.4. The van der Waals surface area contributed by atoms with Crippen LogP contribution in [-0.4, -0.2) is 6.04 Å². The van der Waals surface area contributed by atoms with Gasteiger partial charge in [0, 0.05) is 12.1 Å². The van der Waals surface area contributed by atoms with Crippen molar-refractivity contribution in [1.82, 2.24) is 5.32 Å². The molecule has 68 valence electrons. The molecule has 13 heavy (non-hydrogen) atoms. The molecule has 2 rings (SSSR count). The third kappa shape index (κ3) is 1.81. The average molecular weight is 173 g/mol. The van der Waals surface area contributed by atoms with Crippen LogP contribution in [0.4, 0.5) is 0 Å². The lowest BCUT2D eigenvalue weighted by Gasteiger charge is -2.11. The fourth-order valence-electron chi connectivity index (χ4n) is 1.91. The molecule has 0 saturated carbocycles. The van der Waals surface area contributed by atoms with Crippen LogP contribution in [0, 0.1) is 0 Å². The van der Waals surface area contributed by atoms with E-state index in [1.807, 2.05) is 6.08 Å². The van der Waals surface area contributed by atoms with E-state index in [4.69, 9.17) is 0 Å². The lowest BCUT2D eigenvalue weighted by molar-refractivity contribution is 0.613. The van der Waals surface area contributed by atoms with Crippen molar-refractivity contribution in [2.45, 2.75) is 24.9 Å². The molecule has 0 bridgehead atoms. The summed E-state index contributed by atoms with van der Waals surface area (Å²) in [4.78, 5) is 0. The summed E-state index contributed by atoms with van der Waals surface area (Å²) < 4.78 is 0. The first kappa shape index (κ1) is 8.52. The molecule has 0 unspecified atom stereocenters. The standard InChI is InChI=1S/C12H15N/c1-2-11-8-9-12(13-11)10-6-4-3-5-7-10/h2-7,11-13H,1,8-9H2/t11-,12+/m1/s1. The molecular formula is C12H15N. The van der Waals surface area contributed by atoms with Gasteiger partial charge in [0.05, 0.1) is 0 Å². The zero-order chi connectivity index (χ0) is 9.10. The predicted molar refractivity (Wildman–Crippen MR) is 55.5 cm³/mol. The minimum atomic E-state index is 0.505. The minimum absolute atomic E-state index is 0.505. The van der Waals surface area contributed by atoms with Crippen LogP contribution < -0.4 is 5.32 Å². The van der Waals surface area contributed by atoms with Crippen molar-refractivity contribution in [3.8, 4) is 0 Å². The van der Waals surface area contributed by atoms with Gasteiger partial charge >= 0.3 is 0 Å². The van der Waals surface area contributed by atoms with Crippen molar-refractivity contribution in [2.24, 2.45) is 0 Å². The Balaban J connectivity index is 2.08. The Bertz CT molecular complexity index is 278. The number of nitrogens with one attached hydrogen (secondary N) is 1. The lowest BCUT2D eigenvalue weighted by Crippen LogP contribution is -2.21. The van der Waals surface area contributed by atoms with Crippen LogP contribution in [0.2, 0.25) is 0 Å². The number of hydrogen-bond donors (Lipinski definition) is 1. The van der Waals surface area contributed by atoms with Gasteiger partial charge in [-0.05, 0) is 18.4 Å².